The Morgan fingerprint density at radius 3 is 2.46 bits per heavy atom. The first-order chi connectivity index (χ1) is 13.3. The van der Waals surface area contributed by atoms with Crippen LogP contribution in [-0.4, -0.2) is 42.7 Å². The van der Waals surface area contributed by atoms with Crippen molar-refractivity contribution in [3.63, 3.8) is 0 Å². The average Bonchev–Trinajstić information content (AvgIpc) is 2.69. The van der Waals surface area contributed by atoms with Gasteiger partial charge in [0.05, 0.1) is 24.7 Å². The first kappa shape index (κ1) is 20.6. The predicted octanol–water partition coefficient (Wildman–Crippen LogP) is 3.54. The molecule has 2 N–H and O–H groups in total. The highest BCUT2D eigenvalue weighted by atomic mass is 16.5. The quantitative estimate of drug-likeness (QED) is 0.756. The molecule has 0 saturated carbocycles. The second-order valence-corrected chi connectivity index (χ2v) is 6.15. The van der Waals surface area contributed by atoms with Gasteiger partial charge >= 0.3 is 12.0 Å². The molecule has 0 radical (unpaired) electrons. The van der Waals surface area contributed by atoms with Crippen LogP contribution in [0.15, 0.2) is 42.5 Å². The molecule has 28 heavy (non-hydrogen) atoms. The molecule has 146 valence electrons. The third-order valence-electron chi connectivity index (χ3n) is 3.94. The number of rotatable bonds is 7. The lowest BCUT2D eigenvalue weighted by Gasteiger charge is -2.20. The van der Waals surface area contributed by atoms with E-state index in [1.165, 1.54) is 26.0 Å². The lowest BCUT2D eigenvalue weighted by atomic mass is 10.2. The number of carbonyl (C=O) groups is 2. The molecular formula is C20H21N3O5. The Morgan fingerprint density at radius 1 is 1.21 bits per heavy atom. The van der Waals surface area contributed by atoms with Crippen molar-refractivity contribution in [3.05, 3.63) is 48.0 Å². The van der Waals surface area contributed by atoms with Gasteiger partial charge in [-0.1, -0.05) is 6.92 Å². The fraction of sp³-hybridized carbons (Fsp3) is 0.250. The molecule has 0 spiro atoms. The Kier molecular flexibility index (Phi) is 6.82. The average molecular weight is 383 g/mol. The summed E-state index contributed by atoms with van der Waals surface area (Å²) in [5.41, 5.74) is 1.00. The molecule has 1 atom stereocenters. The van der Waals surface area contributed by atoms with E-state index in [4.69, 9.17) is 19.8 Å². The number of nitrogens with zero attached hydrogens (tertiary/aromatic N) is 2. The highest BCUT2D eigenvalue weighted by Gasteiger charge is 2.17. The van der Waals surface area contributed by atoms with Crippen LogP contribution in [0.1, 0.15) is 12.5 Å². The van der Waals surface area contributed by atoms with E-state index in [9.17, 15) is 9.59 Å². The Morgan fingerprint density at radius 2 is 1.89 bits per heavy atom. The highest BCUT2D eigenvalue weighted by molar-refractivity contribution is 5.89. The zero-order valence-electron chi connectivity index (χ0n) is 15.8. The minimum Gasteiger partial charge on any atom is -0.493 e. The summed E-state index contributed by atoms with van der Waals surface area (Å²) in [4.78, 5) is 24.3. The first-order valence-corrected chi connectivity index (χ1v) is 8.45. The summed E-state index contributed by atoms with van der Waals surface area (Å²) in [6.45, 7) is 1.64. The summed E-state index contributed by atoms with van der Waals surface area (Å²) in [7, 11) is 3.02. The van der Waals surface area contributed by atoms with Crippen molar-refractivity contribution in [2.75, 3.05) is 26.0 Å². The molecule has 0 heterocycles. The van der Waals surface area contributed by atoms with Gasteiger partial charge < -0.3 is 24.8 Å². The number of hydrogen-bond acceptors (Lipinski definition) is 5. The summed E-state index contributed by atoms with van der Waals surface area (Å²) < 4.78 is 11.0. The SMILES string of the molecule is COc1cc(C#N)ccc1Oc1ccc(NC(=O)N(C)CC(C)C(=O)O)cc1. The van der Waals surface area contributed by atoms with E-state index in [1.54, 1.807) is 42.5 Å². The zero-order chi connectivity index (χ0) is 20.7. The third-order valence-corrected chi connectivity index (χ3v) is 3.94. The Labute approximate surface area is 162 Å². The van der Waals surface area contributed by atoms with E-state index in [2.05, 4.69) is 5.32 Å². The molecule has 0 aliphatic carbocycles. The van der Waals surface area contributed by atoms with Gasteiger partial charge in [-0.3, -0.25) is 4.79 Å². The topological polar surface area (TPSA) is 112 Å². The minimum atomic E-state index is -0.959. The molecule has 0 aliphatic heterocycles. The van der Waals surface area contributed by atoms with Crippen LogP contribution < -0.4 is 14.8 Å². The second-order valence-electron chi connectivity index (χ2n) is 6.15. The second kappa shape index (κ2) is 9.28. The van der Waals surface area contributed by atoms with Gasteiger partial charge in [0.1, 0.15) is 5.75 Å². The van der Waals surface area contributed by atoms with Crippen LogP contribution in [0.4, 0.5) is 10.5 Å². The van der Waals surface area contributed by atoms with Crippen molar-refractivity contribution in [1.82, 2.24) is 4.90 Å². The van der Waals surface area contributed by atoms with Gasteiger partial charge in [-0.15, -0.1) is 0 Å². The summed E-state index contributed by atoms with van der Waals surface area (Å²) in [5.74, 6) is -0.201. The van der Waals surface area contributed by atoms with Gasteiger partial charge in [0, 0.05) is 25.3 Å². The van der Waals surface area contributed by atoms with Crippen LogP contribution in [0, 0.1) is 17.2 Å². The molecule has 0 aliphatic rings. The van der Waals surface area contributed by atoms with E-state index in [0.29, 0.717) is 28.5 Å². The number of anilines is 1. The number of carboxylic acid groups (broad SMARTS) is 1. The van der Waals surface area contributed by atoms with Crippen molar-refractivity contribution < 1.29 is 24.2 Å². The smallest absolute Gasteiger partial charge is 0.321 e. The molecule has 8 nitrogen and oxygen atoms in total. The van der Waals surface area contributed by atoms with Crippen LogP contribution in [-0.2, 0) is 4.79 Å². The van der Waals surface area contributed by atoms with Gasteiger partial charge in [-0.2, -0.15) is 5.26 Å². The van der Waals surface area contributed by atoms with Crippen LogP contribution in [0.5, 0.6) is 17.2 Å². The third kappa shape index (κ3) is 5.38. The van der Waals surface area contributed by atoms with Crippen LogP contribution >= 0.6 is 0 Å². The number of nitrogens with one attached hydrogen (secondary N) is 1. The number of ether oxygens (including phenoxy) is 2. The molecule has 0 fully saturated rings. The number of aliphatic carboxylic acids is 1. The summed E-state index contributed by atoms with van der Waals surface area (Å²) in [6.07, 6.45) is 0. The van der Waals surface area contributed by atoms with Crippen LogP contribution in [0.2, 0.25) is 0 Å². The molecular weight excluding hydrogens is 362 g/mol. The molecule has 2 aromatic carbocycles. The Bertz CT molecular complexity index is 890. The lowest BCUT2D eigenvalue weighted by Crippen LogP contribution is -2.36. The maximum Gasteiger partial charge on any atom is 0.321 e. The summed E-state index contributed by atoms with van der Waals surface area (Å²) >= 11 is 0. The van der Waals surface area contributed by atoms with E-state index in [0.717, 1.165) is 0 Å². The van der Waals surface area contributed by atoms with Crippen molar-refractivity contribution in [3.8, 4) is 23.3 Å². The Balaban J connectivity index is 2.01. The number of carbonyl (C=O) groups excluding carboxylic acids is 1. The number of methoxy groups -OCH3 is 1. The van der Waals surface area contributed by atoms with E-state index >= 15 is 0 Å². The lowest BCUT2D eigenvalue weighted by molar-refractivity contribution is -0.141. The van der Waals surface area contributed by atoms with Gasteiger partial charge in [-0.25, -0.2) is 4.79 Å². The molecule has 2 aromatic rings. The largest absolute Gasteiger partial charge is 0.493 e. The molecule has 0 bridgehead atoms. The highest BCUT2D eigenvalue weighted by Crippen LogP contribution is 2.32. The molecule has 2 rings (SSSR count). The fourth-order valence-electron chi connectivity index (χ4n) is 2.35. The van der Waals surface area contributed by atoms with E-state index in [1.807, 2.05) is 6.07 Å². The summed E-state index contributed by atoms with van der Waals surface area (Å²) in [6, 6.07) is 13.2. The van der Waals surface area contributed by atoms with Gasteiger partial charge in [0.2, 0.25) is 0 Å². The van der Waals surface area contributed by atoms with E-state index < -0.39 is 17.9 Å². The standard InChI is InChI=1S/C20H21N3O5/c1-13(19(24)25)12-23(2)20(26)22-15-5-7-16(8-6-15)28-17-9-4-14(11-21)10-18(17)27-3/h4-10,13H,12H2,1-3H3,(H,22,26)(H,24,25). The molecule has 0 saturated heterocycles. The normalized spacial score (nSPS) is 11.1. The first-order valence-electron chi connectivity index (χ1n) is 8.45. The van der Waals surface area contributed by atoms with Gasteiger partial charge in [-0.05, 0) is 36.4 Å². The van der Waals surface area contributed by atoms with Gasteiger partial charge in [0.25, 0.3) is 0 Å². The minimum absolute atomic E-state index is 0.0981. The van der Waals surface area contributed by atoms with Crippen molar-refractivity contribution in [2.45, 2.75) is 6.92 Å². The number of carboxylic acids is 1. The maximum atomic E-state index is 12.1. The van der Waals surface area contributed by atoms with Crippen LogP contribution in [0.3, 0.4) is 0 Å². The zero-order valence-corrected chi connectivity index (χ0v) is 15.8. The number of amides is 2. The van der Waals surface area contributed by atoms with Crippen molar-refractivity contribution in [1.29, 1.82) is 5.26 Å². The van der Waals surface area contributed by atoms with Crippen LogP contribution in [0.25, 0.3) is 0 Å². The van der Waals surface area contributed by atoms with Crippen molar-refractivity contribution >= 4 is 17.7 Å². The monoisotopic (exact) mass is 383 g/mol. The van der Waals surface area contributed by atoms with E-state index in [-0.39, 0.29) is 6.54 Å². The molecule has 8 heteroatoms. The number of benzene rings is 2. The molecule has 2 amide bonds. The Hall–Kier alpha value is -3.73. The molecule has 1 unspecified atom stereocenters. The van der Waals surface area contributed by atoms with Gasteiger partial charge in [0.15, 0.2) is 11.5 Å². The van der Waals surface area contributed by atoms with Crippen molar-refractivity contribution in [2.24, 2.45) is 5.92 Å². The summed E-state index contributed by atoms with van der Waals surface area (Å²) in [5, 5.41) is 20.6. The maximum absolute atomic E-state index is 12.1. The number of urea groups is 1. The molecule has 0 aromatic heterocycles. The number of nitriles is 1. The predicted molar refractivity (Wildman–Crippen MR) is 103 cm³/mol. The fourth-order valence-corrected chi connectivity index (χ4v) is 2.35. The number of hydrogen-bond donors (Lipinski definition) is 2.